The van der Waals surface area contributed by atoms with Crippen LogP contribution in [0.25, 0.3) is 28.3 Å². The zero-order valence-corrected chi connectivity index (χ0v) is 17.6. The summed E-state index contributed by atoms with van der Waals surface area (Å²) in [5.74, 6) is -1.82. The number of furan rings is 1. The predicted octanol–water partition coefficient (Wildman–Crippen LogP) is 4.29. The number of nitrogen functional groups attached to an aromatic ring is 1. The number of fused-ring (bicyclic) bond motifs is 1. The summed E-state index contributed by atoms with van der Waals surface area (Å²) in [4.78, 5) is 31.2. The third-order valence-corrected chi connectivity index (χ3v) is 4.96. The normalized spacial score (nSPS) is 11.2. The van der Waals surface area contributed by atoms with E-state index in [1.807, 2.05) is 0 Å². The molecule has 4 aromatic rings. The van der Waals surface area contributed by atoms with Crippen LogP contribution < -0.4 is 11.1 Å². The van der Waals surface area contributed by atoms with Gasteiger partial charge in [-0.3, -0.25) is 9.78 Å². The van der Waals surface area contributed by atoms with Crippen LogP contribution in [0.3, 0.4) is 0 Å². The van der Waals surface area contributed by atoms with Crippen molar-refractivity contribution in [3.63, 3.8) is 0 Å². The van der Waals surface area contributed by atoms with Gasteiger partial charge < -0.3 is 20.6 Å². The zero-order valence-electron chi connectivity index (χ0n) is 16.9. The van der Waals surface area contributed by atoms with Crippen molar-refractivity contribution < 1.29 is 23.5 Å². The van der Waals surface area contributed by atoms with E-state index in [1.165, 1.54) is 6.08 Å². The summed E-state index contributed by atoms with van der Waals surface area (Å²) in [5, 5.41) is 12.7. The molecular weight excluding hydrogens is 451 g/mol. The minimum atomic E-state index is -1.40. The van der Waals surface area contributed by atoms with Gasteiger partial charge in [-0.25, -0.2) is 14.2 Å². The maximum Gasteiger partial charge on any atom is 0.338 e. The van der Waals surface area contributed by atoms with Gasteiger partial charge in [-0.1, -0.05) is 11.6 Å². The van der Waals surface area contributed by atoms with Crippen LogP contribution >= 0.6 is 11.6 Å². The number of nitrogens with two attached hydrogens (primary N) is 1. The van der Waals surface area contributed by atoms with Crippen LogP contribution in [0.5, 0.6) is 0 Å². The summed E-state index contributed by atoms with van der Waals surface area (Å²) in [6.45, 7) is 0.113. The van der Waals surface area contributed by atoms with E-state index in [0.29, 0.717) is 28.1 Å². The van der Waals surface area contributed by atoms with Crippen LogP contribution in [0.4, 0.5) is 10.2 Å². The highest BCUT2D eigenvalue weighted by atomic mass is 35.5. The van der Waals surface area contributed by atoms with Gasteiger partial charge in [-0.2, -0.15) is 0 Å². The first-order valence-corrected chi connectivity index (χ1v) is 9.96. The summed E-state index contributed by atoms with van der Waals surface area (Å²) in [7, 11) is 0. The molecule has 0 saturated heterocycles. The molecule has 1 amide bonds. The molecule has 1 aromatic carbocycles. The Morgan fingerprint density at radius 3 is 2.73 bits per heavy atom. The van der Waals surface area contributed by atoms with Gasteiger partial charge in [0.1, 0.15) is 11.6 Å². The Morgan fingerprint density at radius 1 is 1.18 bits per heavy atom. The van der Waals surface area contributed by atoms with E-state index in [-0.39, 0.29) is 23.2 Å². The molecule has 33 heavy (non-hydrogen) atoms. The number of carbonyl (C=O) groups excluding carboxylic acids is 1. The van der Waals surface area contributed by atoms with Crippen LogP contribution in [0.15, 0.2) is 59.3 Å². The van der Waals surface area contributed by atoms with Gasteiger partial charge in [-0.05, 0) is 48.0 Å². The fourth-order valence-corrected chi connectivity index (χ4v) is 3.34. The van der Waals surface area contributed by atoms with E-state index in [9.17, 15) is 14.0 Å². The number of anilines is 1. The monoisotopic (exact) mass is 466 g/mol. The van der Waals surface area contributed by atoms with Crippen LogP contribution in [0.1, 0.15) is 21.7 Å². The van der Waals surface area contributed by atoms with Crippen molar-refractivity contribution in [1.82, 2.24) is 15.3 Å². The van der Waals surface area contributed by atoms with E-state index in [4.69, 9.17) is 26.9 Å². The van der Waals surface area contributed by atoms with E-state index in [0.717, 1.165) is 17.8 Å². The van der Waals surface area contributed by atoms with Crippen molar-refractivity contribution in [2.45, 2.75) is 6.54 Å². The molecule has 0 aliphatic rings. The number of pyridine rings is 2. The molecular formula is C23H16ClFN4O4. The third kappa shape index (κ3) is 4.99. The number of carboxylic acids is 1. The van der Waals surface area contributed by atoms with Gasteiger partial charge in [0.05, 0.1) is 29.0 Å². The summed E-state index contributed by atoms with van der Waals surface area (Å²) >= 11 is 6.33. The Hall–Kier alpha value is -4.24. The number of hydrogen-bond donors (Lipinski definition) is 3. The van der Waals surface area contributed by atoms with E-state index in [2.05, 4.69) is 15.3 Å². The van der Waals surface area contributed by atoms with Gasteiger partial charge in [0.25, 0.3) is 0 Å². The Kier molecular flexibility index (Phi) is 6.05. The Bertz CT molecular complexity index is 1400. The van der Waals surface area contributed by atoms with E-state index >= 15 is 0 Å². The largest absolute Gasteiger partial charge is 0.478 e. The van der Waals surface area contributed by atoms with Crippen molar-refractivity contribution in [1.29, 1.82) is 0 Å². The van der Waals surface area contributed by atoms with Crippen molar-refractivity contribution in [3.8, 4) is 11.3 Å². The molecule has 0 saturated carbocycles. The number of nitrogens with one attached hydrogen (secondary N) is 1. The second-order valence-electron chi connectivity index (χ2n) is 7.01. The average Bonchev–Trinajstić information content (AvgIpc) is 3.21. The van der Waals surface area contributed by atoms with E-state index < -0.39 is 17.3 Å². The molecule has 0 bridgehead atoms. The smallest absolute Gasteiger partial charge is 0.338 e. The van der Waals surface area contributed by atoms with Crippen LogP contribution in [0, 0.1) is 5.82 Å². The Balaban J connectivity index is 1.51. The van der Waals surface area contributed by atoms with Crippen molar-refractivity contribution in [3.05, 3.63) is 82.6 Å². The number of nitrogens with zero attached hydrogens (tertiary/aromatic N) is 2. The first-order chi connectivity index (χ1) is 15.8. The van der Waals surface area contributed by atoms with Crippen LogP contribution in [-0.4, -0.2) is 27.0 Å². The lowest BCUT2D eigenvalue weighted by atomic mass is 10.1. The topological polar surface area (TPSA) is 131 Å². The molecule has 10 heteroatoms. The number of amides is 1. The average molecular weight is 467 g/mol. The number of rotatable bonds is 6. The van der Waals surface area contributed by atoms with Gasteiger partial charge in [0.15, 0.2) is 11.4 Å². The fraction of sp³-hybridized carbons (Fsp3) is 0.0435. The molecule has 0 unspecified atom stereocenters. The molecule has 0 aliphatic heterocycles. The number of aromatic nitrogens is 2. The third-order valence-electron chi connectivity index (χ3n) is 4.68. The van der Waals surface area contributed by atoms with Gasteiger partial charge in [0, 0.05) is 23.2 Å². The standard InChI is InChI=1S/C23H16ClFN4O4/c24-17-7-13(19-8-16(23(31)32)18(25)11-27-19)5-14-6-15(33-22(14)17)10-29-21(30)4-2-12-1-3-20(26)28-9-12/h1-9,11H,10H2,(H2,26,28)(H,29,30)(H,31,32)/b4-2+. The van der Waals surface area contributed by atoms with Crippen molar-refractivity contribution in [2.75, 3.05) is 5.73 Å². The highest BCUT2D eigenvalue weighted by molar-refractivity contribution is 6.35. The molecule has 0 aliphatic carbocycles. The predicted molar refractivity (Wildman–Crippen MR) is 121 cm³/mol. The van der Waals surface area contributed by atoms with E-state index in [1.54, 1.807) is 42.6 Å². The number of aromatic carboxylic acids is 1. The Labute approximate surface area is 191 Å². The summed E-state index contributed by atoms with van der Waals surface area (Å²) in [6.07, 6.45) is 5.36. The highest BCUT2D eigenvalue weighted by Gasteiger charge is 2.15. The molecule has 0 atom stereocenters. The summed E-state index contributed by atoms with van der Waals surface area (Å²) in [6, 6.07) is 9.44. The molecule has 4 rings (SSSR count). The summed E-state index contributed by atoms with van der Waals surface area (Å²) in [5.41, 5.74) is 6.90. The number of carboxylic acid groups (broad SMARTS) is 1. The quantitative estimate of drug-likeness (QED) is 0.361. The first kappa shape index (κ1) is 22.0. The maximum atomic E-state index is 13.7. The Morgan fingerprint density at radius 2 is 2.00 bits per heavy atom. The van der Waals surface area contributed by atoms with Gasteiger partial charge in [0.2, 0.25) is 5.91 Å². The SMILES string of the molecule is Nc1ccc(/C=C/C(=O)NCc2cc3cc(-c4cc(C(=O)O)c(F)cn4)cc(Cl)c3o2)cn1. The lowest BCUT2D eigenvalue weighted by Gasteiger charge is -2.04. The first-order valence-electron chi connectivity index (χ1n) is 9.59. The lowest BCUT2D eigenvalue weighted by molar-refractivity contribution is -0.116. The molecule has 0 fully saturated rings. The zero-order chi connectivity index (χ0) is 23.5. The van der Waals surface area contributed by atoms with Crippen LogP contribution in [0.2, 0.25) is 5.02 Å². The second-order valence-corrected chi connectivity index (χ2v) is 7.42. The van der Waals surface area contributed by atoms with Gasteiger partial charge >= 0.3 is 5.97 Å². The second kappa shape index (κ2) is 9.09. The van der Waals surface area contributed by atoms with Crippen molar-refractivity contribution in [2.24, 2.45) is 0 Å². The van der Waals surface area contributed by atoms with Crippen LogP contribution in [-0.2, 0) is 11.3 Å². The lowest BCUT2D eigenvalue weighted by Crippen LogP contribution is -2.19. The molecule has 8 nitrogen and oxygen atoms in total. The molecule has 3 heterocycles. The molecule has 0 spiro atoms. The maximum absolute atomic E-state index is 13.7. The highest BCUT2D eigenvalue weighted by Crippen LogP contribution is 2.32. The number of halogens is 2. The minimum Gasteiger partial charge on any atom is -0.478 e. The van der Waals surface area contributed by atoms with Gasteiger partial charge in [-0.15, -0.1) is 0 Å². The number of carbonyl (C=O) groups is 2. The number of hydrogen-bond acceptors (Lipinski definition) is 6. The minimum absolute atomic E-state index is 0.113. The molecule has 3 aromatic heterocycles. The molecule has 4 N–H and O–H groups in total. The summed E-state index contributed by atoms with van der Waals surface area (Å²) < 4.78 is 19.4. The molecule has 0 radical (unpaired) electrons. The molecule has 166 valence electrons. The van der Waals surface area contributed by atoms with Crippen molar-refractivity contribution >= 4 is 46.3 Å². The number of benzene rings is 1. The fourth-order valence-electron chi connectivity index (χ4n) is 3.08.